The monoisotopic (exact) mass is 294 g/mol. The highest BCUT2D eigenvalue weighted by molar-refractivity contribution is 6.31. The highest BCUT2D eigenvalue weighted by Gasteiger charge is 2.20. The lowest BCUT2D eigenvalue weighted by atomic mass is 10.1. The Kier molecular flexibility index (Phi) is 5.81. The Hall–Kier alpha value is -1.77. The number of nitrogen functional groups attached to an aromatic ring is 1. The molecule has 2 unspecified atom stereocenters. The number of nitrogens with zero attached hydrogens (tertiary/aromatic N) is 2. The molecule has 0 aliphatic carbocycles. The first-order chi connectivity index (χ1) is 9.35. The summed E-state index contributed by atoms with van der Waals surface area (Å²) in [5, 5.41) is 12.1. The van der Waals surface area contributed by atoms with Gasteiger partial charge in [0.15, 0.2) is 0 Å². The summed E-state index contributed by atoms with van der Waals surface area (Å²) in [6, 6.07) is 6.69. The van der Waals surface area contributed by atoms with Crippen LogP contribution in [-0.4, -0.2) is 30.4 Å². The van der Waals surface area contributed by atoms with Crippen LogP contribution in [-0.2, 0) is 4.79 Å². The molecule has 0 saturated heterocycles. The normalized spacial score (nSPS) is 13.6. The molecule has 0 aliphatic heterocycles. The van der Waals surface area contributed by atoms with E-state index in [2.05, 4.69) is 11.4 Å². The van der Waals surface area contributed by atoms with Crippen LogP contribution in [0.2, 0.25) is 5.02 Å². The van der Waals surface area contributed by atoms with E-state index in [1.54, 1.807) is 32.2 Å². The molecule has 2 atom stereocenters. The van der Waals surface area contributed by atoms with Crippen LogP contribution < -0.4 is 11.1 Å². The lowest BCUT2D eigenvalue weighted by molar-refractivity contribution is -0.120. The van der Waals surface area contributed by atoms with Gasteiger partial charge in [0, 0.05) is 11.6 Å². The van der Waals surface area contributed by atoms with Crippen molar-refractivity contribution in [3.8, 4) is 6.07 Å². The molecule has 3 N–H and O–H groups in total. The molecule has 1 amide bonds. The van der Waals surface area contributed by atoms with E-state index >= 15 is 0 Å². The van der Waals surface area contributed by atoms with Crippen molar-refractivity contribution in [2.24, 2.45) is 5.92 Å². The van der Waals surface area contributed by atoms with Gasteiger partial charge in [-0.25, -0.2) is 0 Å². The number of carbonyl (C=O) groups excluding carboxylic acids is 1. The molecule has 0 heterocycles. The maximum atomic E-state index is 12.2. The summed E-state index contributed by atoms with van der Waals surface area (Å²) >= 11 is 5.88. The molecule has 108 valence electrons. The first-order valence-corrected chi connectivity index (χ1v) is 6.68. The summed E-state index contributed by atoms with van der Waals surface area (Å²) in [6.07, 6.45) is 0. The second-order valence-electron chi connectivity index (χ2n) is 4.87. The van der Waals surface area contributed by atoms with Crippen molar-refractivity contribution in [3.05, 3.63) is 23.2 Å². The summed E-state index contributed by atoms with van der Waals surface area (Å²) in [6.45, 7) is 4.12. The fourth-order valence-electron chi connectivity index (χ4n) is 1.71. The van der Waals surface area contributed by atoms with Gasteiger partial charge in [-0.3, -0.25) is 9.69 Å². The van der Waals surface area contributed by atoms with Crippen molar-refractivity contribution < 1.29 is 4.79 Å². The molecule has 0 aliphatic rings. The minimum atomic E-state index is -0.371. The number of rotatable bonds is 5. The third-order valence-corrected chi connectivity index (χ3v) is 3.33. The number of likely N-dealkylation sites (N-methyl/N-ethyl adjacent to an activating group) is 1. The van der Waals surface area contributed by atoms with Gasteiger partial charge in [-0.15, -0.1) is 0 Å². The third-order valence-electron chi connectivity index (χ3n) is 3.10. The molecule has 5 nitrogen and oxygen atoms in total. The van der Waals surface area contributed by atoms with Gasteiger partial charge >= 0.3 is 0 Å². The van der Waals surface area contributed by atoms with E-state index in [1.807, 2.05) is 11.8 Å². The molecule has 20 heavy (non-hydrogen) atoms. The number of hydrogen-bond acceptors (Lipinski definition) is 4. The zero-order valence-electron chi connectivity index (χ0n) is 11.9. The first kappa shape index (κ1) is 16.3. The zero-order chi connectivity index (χ0) is 15.3. The number of halogens is 1. The number of nitrogens with one attached hydrogen (secondary N) is 1. The van der Waals surface area contributed by atoms with Gasteiger partial charge in [0.1, 0.15) is 0 Å². The number of hydrogen-bond donors (Lipinski definition) is 2. The Labute approximate surface area is 124 Å². The zero-order valence-corrected chi connectivity index (χ0v) is 12.6. The number of nitrogens with two attached hydrogens (primary N) is 1. The average molecular weight is 295 g/mol. The molecule has 1 aromatic carbocycles. The van der Waals surface area contributed by atoms with E-state index in [0.29, 0.717) is 22.9 Å². The Balaban J connectivity index is 2.71. The Morgan fingerprint density at radius 1 is 1.55 bits per heavy atom. The second kappa shape index (κ2) is 7.13. The average Bonchev–Trinajstić information content (AvgIpc) is 2.41. The van der Waals surface area contributed by atoms with Crippen LogP contribution in [0.5, 0.6) is 0 Å². The Morgan fingerprint density at radius 3 is 2.80 bits per heavy atom. The van der Waals surface area contributed by atoms with Gasteiger partial charge in [0.25, 0.3) is 0 Å². The van der Waals surface area contributed by atoms with Crippen LogP contribution in [0.3, 0.4) is 0 Å². The molecular weight excluding hydrogens is 276 g/mol. The van der Waals surface area contributed by atoms with Crippen LogP contribution >= 0.6 is 11.6 Å². The summed E-state index contributed by atoms with van der Waals surface area (Å²) in [5.41, 5.74) is 6.74. The molecule has 0 radical (unpaired) electrons. The largest absolute Gasteiger partial charge is 0.397 e. The quantitative estimate of drug-likeness (QED) is 0.817. The number of anilines is 2. The standard InChI is InChI=1S/C14H19ClN4O/c1-9(7-16)8-19(3)10(2)14(20)18-13-6-11(15)4-5-12(13)17/h4-6,9-10H,8,17H2,1-3H3,(H,18,20). The second-order valence-corrected chi connectivity index (χ2v) is 5.30. The van der Waals surface area contributed by atoms with Gasteiger partial charge in [-0.05, 0) is 39.1 Å². The predicted octanol–water partition coefficient (Wildman–Crippen LogP) is 2.34. The van der Waals surface area contributed by atoms with Crippen molar-refractivity contribution in [2.45, 2.75) is 19.9 Å². The highest BCUT2D eigenvalue weighted by Crippen LogP contribution is 2.23. The Bertz CT molecular complexity index is 526. The minimum Gasteiger partial charge on any atom is -0.397 e. The molecule has 1 aromatic rings. The summed E-state index contributed by atoms with van der Waals surface area (Å²) in [5.74, 6) is -0.321. The fourth-order valence-corrected chi connectivity index (χ4v) is 1.88. The van der Waals surface area contributed by atoms with Crippen molar-refractivity contribution >= 4 is 28.9 Å². The molecule has 1 rings (SSSR count). The van der Waals surface area contributed by atoms with E-state index in [1.165, 1.54) is 0 Å². The predicted molar refractivity (Wildman–Crippen MR) is 81.4 cm³/mol. The molecule has 6 heteroatoms. The molecule has 0 aromatic heterocycles. The van der Waals surface area contributed by atoms with Gasteiger partial charge in [-0.1, -0.05) is 11.6 Å². The molecule has 0 spiro atoms. The van der Waals surface area contributed by atoms with E-state index < -0.39 is 0 Å². The minimum absolute atomic E-state index is 0.133. The van der Waals surface area contributed by atoms with Gasteiger partial charge in [0.05, 0.1) is 29.4 Å². The first-order valence-electron chi connectivity index (χ1n) is 6.31. The fraction of sp³-hybridized carbons (Fsp3) is 0.429. The van der Waals surface area contributed by atoms with Crippen molar-refractivity contribution in [1.82, 2.24) is 4.90 Å². The summed E-state index contributed by atoms with van der Waals surface area (Å²) in [7, 11) is 1.80. The van der Waals surface area contributed by atoms with Crippen LogP contribution in [0.15, 0.2) is 18.2 Å². The number of amides is 1. The number of nitriles is 1. The molecule has 0 bridgehead atoms. The van der Waals surface area contributed by atoms with E-state index in [-0.39, 0.29) is 17.9 Å². The topological polar surface area (TPSA) is 82.2 Å². The van der Waals surface area contributed by atoms with Gasteiger partial charge < -0.3 is 11.1 Å². The number of benzene rings is 1. The molecule has 0 saturated carbocycles. The lowest BCUT2D eigenvalue weighted by Gasteiger charge is -2.24. The van der Waals surface area contributed by atoms with Crippen LogP contribution in [0.1, 0.15) is 13.8 Å². The Morgan fingerprint density at radius 2 is 2.20 bits per heavy atom. The third kappa shape index (κ3) is 4.41. The van der Waals surface area contributed by atoms with Crippen molar-refractivity contribution in [3.63, 3.8) is 0 Å². The SMILES string of the molecule is CC(C#N)CN(C)C(C)C(=O)Nc1cc(Cl)ccc1N. The van der Waals surface area contributed by atoms with Gasteiger partial charge in [0.2, 0.25) is 5.91 Å². The van der Waals surface area contributed by atoms with Crippen LogP contribution in [0.4, 0.5) is 11.4 Å². The van der Waals surface area contributed by atoms with Crippen molar-refractivity contribution in [1.29, 1.82) is 5.26 Å². The highest BCUT2D eigenvalue weighted by atomic mass is 35.5. The van der Waals surface area contributed by atoms with E-state index in [0.717, 1.165) is 0 Å². The maximum absolute atomic E-state index is 12.2. The van der Waals surface area contributed by atoms with Gasteiger partial charge in [-0.2, -0.15) is 5.26 Å². The molecular formula is C14H19ClN4O. The van der Waals surface area contributed by atoms with Crippen molar-refractivity contribution in [2.75, 3.05) is 24.6 Å². The molecule has 0 fully saturated rings. The van der Waals surface area contributed by atoms with Crippen LogP contribution in [0, 0.1) is 17.2 Å². The number of carbonyl (C=O) groups is 1. The summed E-state index contributed by atoms with van der Waals surface area (Å²) in [4.78, 5) is 14.0. The van der Waals surface area contributed by atoms with E-state index in [4.69, 9.17) is 22.6 Å². The smallest absolute Gasteiger partial charge is 0.241 e. The maximum Gasteiger partial charge on any atom is 0.241 e. The van der Waals surface area contributed by atoms with E-state index in [9.17, 15) is 4.79 Å². The van der Waals surface area contributed by atoms with Crippen LogP contribution in [0.25, 0.3) is 0 Å². The summed E-state index contributed by atoms with van der Waals surface area (Å²) < 4.78 is 0. The lowest BCUT2D eigenvalue weighted by Crippen LogP contribution is -2.41.